The second kappa shape index (κ2) is 11.0. The summed E-state index contributed by atoms with van der Waals surface area (Å²) >= 11 is 0. The van der Waals surface area contributed by atoms with Crippen LogP contribution in [0.2, 0.25) is 0 Å². The van der Waals surface area contributed by atoms with Gasteiger partial charge in [-0.25, -0.2) is 4.39 Å². The summed E-state index contributed by atoms with van der Waals surface area (Å²) in [5.41, 5.74) is 0.936. The minimum Gasteiger partial charge on any atom is -0.382 e. The highest BCUT2D eigenvalue weighted by molar-refractivity contribution is 5.79. The van der Waals surface area contributed by atoms with Crippen LogP contribution in [0.1, 0.15) is 46.1 Å². The maximum absolute atomic E-state index is 13.1. The van der Waals surface area contributed by atoms with Crippen LogP contribution < -0.4 is 10.6 Å². The maximum Gasteiger partial charge on any atom is 0.191 e. The lowest BCUT2D eigenvalue weighted by Crippen LogP contribution is -2.39. The molecule has 136 valence electrons. The molecule has 0 amide bonds. The van der Waals surface area contributed by atoms with Gasteiger partial charge in [-0.1, -0.05) is 26.0 Å². The van der Waals surface area contributed by atoms with Crippen LogP contribution in [0, 0.1) is 5.82 Å². The fourth-order valence-electron chi connectivity index (χ4n) is 2.29. The molecule has 0 spiro atoms. The fraction of sp³-hybridized carbons (Fsp3) is 0.632. The summed E-state index contributed by atoms with van der Waals surface area (Å²) in [7, 11) is 0. The van der Waals surface area contributed by atoms with E-state index in [1.54, 1.807) is 0 Å². The van der Waals surface area contributed by atoms with Gasteiger partial charge in [-0.15, -0.1) is 0 Å². The highest BCUT2D eigenvalue weighted by Crippen LogP contribution is 2.23. The van der Waals surface area contributed by atoms with Crippen LogP contribution in [0.4, 0.5) is 4.39 Å². The highest BCUT2D eigenvalue weighted by atomic mass is 19.1. The predicted molar refractivity (Wildman–Crippen MR) is 99.1 cm³/mol. The van der Waals surface area contributed by atoms with Crippen LogP contribution in [-0.4, -0.2) is 38.8 Å². The molecule has 0 radical (unpaired) electrons. The molecule has 0 unspecified atom stereocenters. The molecule has 0 aliphatic carbocycles. The Morgan fingerprint density at radius 3 is 2.46 bits per heavy atom. The third-order valence-electron chi connectivity index (χ3n) is 3.81. The van der Waals surface area contributed by atoms with Gasteiger partial charge in [0.2, 0.25) is 0 Å². The second-order valence-corrected chi connectivity index (χ2v) is 6.42. The van der Waals surface area contributed by atoms with E-state index >= 15 is 0 Å². The third kappa shape index (κ3) is 7.77. The van der Waals surface area contributed by atoms with Crippen LogP contribution in [-0.2, 0) is 10.2 Å². The van der Waals surface area contributed by atoms with E-state index in [1.807, 2.05) is 19.1 Å². The molecular weight excluding hydrogens is 305 g/mol. The zero-order chi connectivity index (χ0) is 17.8. The van der Waals surface area contributed by atoms with E-state index in [4.69, 9.17) is 4.74 Å². The number of ether oxygens (including phenoxy) is 1. The lowest BCUT2D eigenvalue weighted by Gasteiger charge is -2.24. The van der Waals surface area contributed by atoms with Crippen molar-refractivity contribution in [1.29, 1.82) is 0 Å². The fourth-order valence-corrected chi connectivity index (χ4v) is 2.29. The van der Waals surface area contributed by atoms with E-state index < -0.39 is 0 Å². The summed E-state index contributed by atoms with van der Waals surface area (Å²) in [4.78, 5) is 4.69. The first kappa shape index (κ1) is 20.4. The van der Waals surface area contributed by atoms with Gasteiger partial charge in [0, 0.05) is 31.7 Å². The van der Waals surface area contributed by atoms with Crippen molar-refractivity contribution >= 4 is 5.96 Å². The van der Waals surface area contributed by atoms with Crippen molar-refractivity contribution in [3.05, 3.63) is 35.6 Å². The molecule has 0 heterocycles. The molecule has 0 saturated heterocycles. The third-order valence-corrected chi connectivity index (χ3v) is 3.81. The van der Waals surface area contributed by atoms with Gasteiger partial charge in [0.05, 0.1) is 6.54 Å². The molecule has 0 aliphatic heterocycles. The largest absolute Gasteiger partial charge is 0.382 e. The maximum atomic E-state index is 13.1. The molecule has 0 aromatic heterocycles. The van der Waals surface area contributed by atoms with Gasteiger partial charge >= 0.3 is 0 Å². The van der Waals surface area contributed by atoms with Crippen molar-refractivity contribution in [2.24, 2.45) is 4.99 Å². The number of hydrogen-bond donors (Lipinski definition) is 2. The summed E-state index contributed by atoms with van der Waals surface area (Å²) in [5.74, 6) is 0.615. The first-order chi connectivity index (χ1) is 11.5. The van der Waals surface area contributed by atoms with E-state index in [-0.39, 0.29) is 11.2 Å². The minimum absolute atomic E-state index is 0.148. The van der Waals surface area contributed by atoms with E-state index in [2.05, 4.69) is 36.4 Å². The summed E-state index contributed by atoms with van der Waals surface area (Å²) in [6.45, 7) is 12.2. The Morgan fingerprint density at radius 2 is 1.83 bits per heavy atom. The Bertz CT molecular complexity index is 486. The Hall–Kier alpha value is -1.62. The van der Waals surface area contributed by atoms with Gasteiger partial charge < -0.3 is 15.4 Å². The van der Waals surface area contributed by atoms with Gasteiger partial charge in [0.25, 0.3) is 0 Å². The van der Waals surface area contributed by atoms with Crippen molar-refractivity contribution in [3.8, 4) is 0 Å². The number of nitrogens with zero attached hydrogens (tertiary/aromatic N) is 1. The number of halogens is 1. The Morgan fingerprint density at radius 1 is 1.12 bits per heavy atom. The molecule has 0 fully saturated rings. The van der Waals surface area contributed by atoms with Crippen LogP contribution in [0.25, 0.3) is 0 Å². The van der Waals surface area contributed by atoms with E-state index in [1.165, 1.54) is 12.1 Å². The SMILES string of the molecule is CCNC(=NCC(C)(C)c1ccc(F)cc1)NCCCCOCC. The minimum atomic E-state index is -0.208. The smallest absolute Gasteiger partial charge is 0.191 e. The lowest BCUT2D eigenvalue weighted by molar-refractivity contribution is 0.143. The van der Waals surface area contributed by atoms with Gasteiger partial charge in [-0.2, -0.15) is 0 Å². The van der Waals surface area contributed by atoms with Crippen LogP contribution in [0.3, 0.4) is 0 Å². The molecule has 2 N–H and O–H groups in total. The van der Waals surface area contributed by atoms with Crippen molar-refractivity contribution in [2.45, 2.75) is 46.0 Å². The van der Waals surface area contributed by atoms with Gasteiger partial charge in [-0.05, 0) is 44.4 Å². The highest BCUT2D eigenvalue weighted by Gasteiger charge is 2.20. The monoisotopic (exact) mass is 337 g/mol. The van der Waals surface area contributed by atoms with Crippen LogP contribution in [0.15, 0.2) is 29.3 Å². The van der Waals surface area contributed by atoms with Gasteiger partial charge in [0.1, 0.15) is 5.82 Å². The van der Waals surface area contributed by atoms with Crippen LogP contribution >= 0.6 is 0 Å². The standard InChI is InChI=1S/C19H32FN3O/c1-5-21-18(22-13-7-8-14-24-6-2)23-15-19(3,4)16-9-11-17(20)12-10-16/h9-12H,5-8,13-15H2,1-4H3,(H2,21,22,23). The summed E-state index contributed by atoms with van der Waals surface area (Å²) in [6.07, 6.45) is 2.09. The average Bonchev–Trinajstić information content (AvgIpc) is 2.56. The number of benzene rings is 1. The van der Waals surface area contributed by atoms with Crippen LogP contribution in [0.5, 0.6) is 0 Å². The first-order valence-electron chi connectivity index (χ1n) is 8.85. The van der Waals surface area contributed by atoms with E-state index in [0.29, 0.717) is 6.54 Å². The Labute approximate surface area is 145 Å². The molecule has 1 aromatic carbocycles. The van der Waals surface area contributed by atoms with Gasteiger partial charge in [0.15, 0.2) is 5.96 Å². The summed E-state index contributed by atoms with van der Waals surface area (Å²) in [6, 6.07) is 6.67. The first-order valence-corrected chi connectivity index (χ1v) is 8.85. The number of nitrogens with one attached hydrogen (secondary N) is 2. The average molecular weight is 337 g/mol. The number of aliphatic imine (C=N–C) groups is 1. The molecule has 0 atom stereocenters. The molecule has 0 saturated carbocycles. The molecule has 0 aliphatic rings. The summed E-state index contributed by atoms with van der Waals surface area (Å²) in [5, 5.41) is 6.62. The topological polar surface area (TPSA) is 45.7 Å². The molecule has 0 bridgehead atoms. The van der Waals surface area contributed by atoms with Crippen molar-refractivity contribution in [2.75, 3.05) is 32.8 Å². The van der Waals surface area contributed by atoms with Crippen molar-refractivity contribution < 1.29 is 9.13 Å². The molecule has 4 nitrogen and oxygen atoms in total. The predicted octanol–water partition coefficient (Wildman–Crippen LogP) is 3.48. The van der Waals surface area contributed by atoms with E-state index in [9.17, 15) is 4.39 Å². The number of guanidine groups is 1. The second-order valence-electron chi connectivity index (χ2n) is 6.42. The number of hydrogen-bond acceptors (Lipinski definition) is 2. The van der Waals surface area contributed by atoms with E-state index in [0.717, 1.165) is 50.7 Å². The number of rotatable bonds is 10. The quantitative estimate of drug-likeness (QED) is 0.390. The zero-order valence-electron chi connectivity index (χ0n) is 15.5. The Kier molecular flexibility index (Phi) is 9.38. The summed E-state index contributed by atoms with van der Waals surface area (Å²) < 4.78 is 18.4. The molecule has 1 aromatic rings. The molecule has 1 rings (SSSR count). The lowest BCUT2D eigenvalue weighted by atomic mass is 9.85. The Balaban J connectivity index is 2.52. The number of unbranched alkanes of at least 4 members (excludes halogenated alkanes) is 1. The zero-order valence-corrected chi connectivity index (χ0v) is 15.5. The van der Waals surface area contributed by atoms with Crippen molar-refractivity contribution in [1.82, 2.24) is 10.6 Å². The normalized spacial score (nSPS) is 12.3. The van der Waals surface area contributed by atoms with Crippen molar-refractivity contribution in [3.63, 3.8) is 0 Å². The molecular formula is C19H32FN3O. The van der Waals surface area contributed by atoms with Gasteiger partial charge in [-0.3, -0.25) is 4.99 Å². The molecule has 5 heteroatoms. The molecule has 24 heavy (non-hydrogen) atoms.